The molecule has 0 amide bonds. The first-order valence-corrected chi connectivity index (χ1v) is 6.00. The van der Waals surface area contributed by atoms with Gasteiger partial charge >= 0.3 is 0 Å². The third-order valence-electron chi connectivity index (χ3n) is 2.62. The molecule has 2 nitrogen and oxygen atoms in total. The van der Waals surface area contributed by atoms with Crippen molar-refractivity contribution in [3.8, 4) is 0 Å². The second-order valence-electron chi connectivity index (χ2n) is 6.71. The van der Waals surface area contributed by atoms with Crippen LogP contribution >= 0.6 is 0 Å². The highest BCUT2D eigenvalue weighted by atomic mass is 14.8. The first kappa shape index (κ1) is 13.1. The van der Waals surface area contributed by atoms with Crippen molar-refractivity contribution >= 4 is 0 Å². The molecule has 0 saturated heterocycles. The molecule has 0 N–H and O–H groups in total. The Balaban J connectivity index is 2.76. The zero-order valence-electron chi connectivity index (χ0n) is 11.5. The molecule has 0 atom stereocenters. The van der Waals surface area contributed by atoms with Gasteiger partial charge in [0.25, 0.3) is 0 Å². The first-order chi connectivity index (χ1) is 7.18. The number of hydrogen-bond donors (Lipinski definition) is 0. The minimum Gasteiger partial charge on any atom is -0.241 e. The molecule has 0 aromatic carbocycles. The number of hydrogen-bond acceptors (Lipinski definition) is 2. The van der Waals surface area contributed by atoms with E-state index >= 15 is 0 Å². The summed E-state index contributed by atoms with van der Waals surface area (Å²) in [5.41, 5.74) is 2.77. The van der Waals surface area contributed by atoms with Crippen LogP contribution in [0.15, 0.2) is 12.4 Å². The molecular formula is C14H24N2. The Hall–Kier alpha value is -0.920. The second kappa shape index (κ2) is 4.52. The van der Waals surface area contributed by atoms with Gasteiger partial charge in [-0.05, 0) is 24.3 Å². The van der Waals surface area contributed by atoms with Crippen LogP contribution in [0.1, 0.15) is 59.4 Å². The number of aryl methyl sites for hydroxylation is 1. The molecule has 0 bridgehead atoms. The Bertz CT molecular complexity index is 342. The van der Waals surface area contributed by atoms with Gasteiger partial charge in [0.2, 0.25) is 0 Å². The van der Waals surface area contributed by atoms with Crippen LogP contribution in [-0.2, 0) is 11.8 Å². The van der Waals surface area contributed by atoms with E-state index in [1.54, 1.807) is 6.33 Å². The molecule has 1 rings (SSSR count). The van der Waals surface area contributed by atoms with Crippen LogP contribution in [-0.4, -0.2) is 9.97 Å². The maximum Gasteiger partial charge on any atom is 0.115 e. The molecule has 90 valence electrons. The van der Waals surface area contributed by atoms with E-state index in [2.05, 4.69) is 57.6 Å². The lowest BCUT2D eigenvalue weighted by Crippen LogP contribution is -2.15. The van der Waals surface area contributed by atoms with Gasteiger partial charge in [0.15, 0.2) is 0 Å². The van der Waals surface area contributed by atoms with Crippen molar-refractivity contribution in [1.29, 1.82) is 0 Å². The summed E-state index contributed by atoms with van der Waals surface area (Å²) in [4.78, 5) is 8.69. The van der Waals surface area contributed by atoms with E-state index < -0.39 is 0 Å². The number of rotatable bonds is 2. The van der Waals surface area contributed by atoms with Gasteiger partial charge in [-0.2, -0.15) is 0 Å². The topological polar surface area (TPSA) is 25.8 Å². The molecule has 0 aliphatic rings. The van der Waals surface area contributed by atoms with Gasteiger partial charge in [-0.25, -0.2) is 9.97 Å². The molecule has 0 aliphatic carbocycles. The molecule has 0 radical (unpaired) electrons. The van der Waals surface area contributed by atoms with Gasteiger partial charge < -0.3 is 0 Å². The zero-order valence-corrected chi connectivity index (χ0v) is 11.5. The quantitative estimate of drug-likeness (QED) is 0.758. The predicted octanol–water partition coefficient (Wildman–Crippen LogP) is 3.75. The van der Waals surface area contributed by atoms with Crippen LogP contribution in [0, 0.1) is 5.41 Å². The van der Waals surface area contributed by atoms with Crippen molar-refractivity contribution in [1.82, 2.24) is 9.97 Å². The van der Waals surface area contributed by atoms with E-state index in [0.717, 1.165) is 24.2 Å². The van der Waals surface area contributed by atoms with Gasteiger partial charge in [-0.1, -0.05) is 41.5 Å². The van der Waals surface area contributed by atoms with Crippen LogP contribution in [0.2, 0.25) is 0 Å². The summed E-state index contributed by atoms with van der Waals surface area (Å²) >= 11 is 0. The molecule has 16 heavy (non-hydrogen) atoms. The summed E-state index contributed by atoms with van der Waals surface area (Å²) in [5.74, 6) is 0. The van der Waals surface area contributed by atoms with Gasteiger partial charge in [0.1, 0.15) is 6.33 Å². The highest BCUT2D eigenvalue weighted by Crippen LogP contribution is 2.23. The third kappa shape index (κ3) is 4.30. The lowest BCUT2D eigenvalue weighted by atomic mass is 9.88. The van der Waals surface area contributed by atoms with Crippen LogP contribution in [0.4, 0.5) is 0 Å². The molecule has 0 saturated carbocycles. The van der Waals surface area contributed by atoms with Crippen molar-refractivity contribution < 1.29 is 0 Å². The summed E-state index contributed by atoms with van der Waals surface area (Å²) in [5, 5.41) is 0. The SMILES string of the molecule is CC(C)(C)CCc1cc(C(C)(C)C)ncn1. The lowest BCUT2D eigenvalue weighted by Gasteiger charge is -2.20. The Labute approximate surface area is 99.5 Å². The molecule has 1 aromatic heterocycles. The summed E-state index contributed by atoms with van der Waals surface area (Å²) in [6.07, 6.45) is 3.89. The normalized spacial score (nSPS) is 12.9. The van der Waals surface area contributed by atoms with E-state index in [1.165, 1.54) is 0 Å². The van der Waals surface area contributed by atoms with Crippen LogP contribution < -0.4 is 0 Å². The van der Waals surface area contributed by atoms with E-state index in [4.69, 9.17) is 0 Å². The lowest BCUT2D eigenvalue weighted by molar-refractivity contribution is 0.376. The van der Waals surface area contributed by atoms with E-state index in [1.807, 2.05) is 0 Å². The van der Waals surface area contributed by atoms with Crippen molar-refractivity contribution in [3.63, 3.8) is 0 Å². The zero-order chi connectivity index (χ0) is 12.4. The van der Waals surface area contributed by atoms with E-state index in [0.29, 0.717) is 5.41 Å². The van der Waals surface area contributed by atoms with Gasteiger partial charge in [-0.3, -0.25) is 0 Å². The van der Waals surface area contributed by atoms with E-state index in [-0.39, 0.29) is 5.41 Å². The van der Waals surface area contributed by atoms with Crippen LogP contribution in [0.25, 0.3) is 0 Å². The molecule has 1 aromatic rings. The van der Waals surface area contributed by atoms with Gasteiger partial charge in [0, 0.05) is 16.8 Å². The first-order valence-electron chi connectivity index (χ1n) is 6.00. The molecule has 1 heterocycles. The monoisotopic (exact) mass is 220 g/mol. The summed E-state index contributed by atoms with van der Waals surface area (Å²) < 4.78 is 0. The van der Waals surface area contributed by atoms with Crippen LogP contribution in [0.5, 0.6) is 0 Å². The van der Waals surface area contributed by atoms with Crippen molar-refractivity contribution in [2.75, 3.05) is 0 Å². The minimum atomic E-state index is 0.111. The summed E-state index contributed by atoms with van der Waals surface area (Å²) in [6.45, 7) is 13.3. The smallest absolute Gasteiger partial charge is 0.115 e. The molecular weight excluding hydrogens is 196 g/mol. The maximum atomic E-state index is 4.34. The fraction of sp³-hybridized carbons (Fsp3) is 0.714. The second-order valence-corrected chi connectivity index (χ2v) is 6.71. The fourth-order valence-corrected chi connectivity index (χ4v) is 1.45. The Morgan fingerprint density at radius 2 is 1.62 bits per heavy atom. The molecule has 2 heteroatoms. The van der Waals surface area contributed by atoms with Crippen molar-refractivity contribution in [2.24, 2.45) is 5.41 Å². The average molecular weight is 220 g/mol. The Morgan fingerprint density at radius 3 is 2.12 bits per heavy atom. The third-order valence-corrected chi connectivity index (χ3v) is 2.62. The number of nitrogens with zero attached hydrogens (tertiary/aromatic N) is 2. The molecule has 0 unspecified atom stereocenters. The molecule has 0 fully saturated rings. The molecule has 0 spiro atoms. The molecule has 0 aliphatic heterocycles. The average Bonchev–Trinajstić information content (AvgIpc) is 2.13. The maximum absolute atomic E-state index is 4.34. The van der Waals surface area contributed by atoms with Crippen molar-refractivity contribution in [3.05, 3.63) is 23.8 Å². The van der Waals surface area contributed by atoms with Crippen LogP contribution in [0.3, 0.4) is 0 Å². The largest absolute Gasteiger partial charge is 0.241 e. The summed E-state index contributed by atoms with van der Waals surface area (Å²) in [7, 11) is 0. The minimum absolute atomic E-state index is 0.111. The highest BCUT2D eigenvalue weighted by Gasteiger charge is 2.16. The van der Waals surface area contributed by atoms with E-state index in [9.17, 15) is 0 Å². The summed E-state index contributed by atoms with van der Waals surface area (Å²) in [6, 6.07) is 2.14. The number of aromatic nitrogens is 2. The highest BCUT2D eigenvalue weighted by molar-refractivity contribution is 5.15. The predicted molar refractivity (Wildman–Crippen MR) is 68.5 cm³/mol. The Kier molecular flexibility index (Phi) is 3.72. The standard InChI is InChI=1S/C14H24N2/c1-13(2,3)8-7-11-9-12(14(4,5)6)16-10-15-11/h9-10H,7-8H2,1-6H3. The van der Waals surface area contributed by atoms with Gasteiger partial charge in [0.05, 0.1) is 0 Å². The fourth-order valence-electron chi connectivity index (χ4n) is 1.45. The Morgan fingerprint density at radius 1 is 1.00 bits per heavy atom. The van der Waals surface area contributed by atoms with Gasteiger partial charge in [-0.15, -0.1) is 0 Å². The van der Waals surface area contributed by atoms with Crippen molar-refractivity contribution in [2.45, 2.75) is 59.8 Å².